The van der Waals surface area contributed by atoms with Crippen molar-refractivity contribution in [2.45, 2.75) is 47.0 Å². The quantitative estimate of drug-likeness (QED) is 0.547. The summed E-state index contributed by atoms with van der Waals surface area (Å²) in [6, 6.07) is 0. The van der Waals surface area contributed by atoms with Crippen molar-refractivity contribution < 1.29 is 4.39 Å². The molecule has 12 heavy (non-hydrogen) atoms. The number of hydrogen-bond acceptors (Lipinski definition) is 0. The summed E-state index contributed by atoms with van der Waals surface area (Å²) < 4.78 is 12.7. The molecule has 1 aliphatic carbocycles. The van der Waals surface area contributed by atoms with E-state index < -0.39 is 0 Å². The van der Waals surface area contributed by atoms with Crippen LogP contribution in [0.25, 0.3) is 0 Å². The minimum Gasteiger partial charge on any atom is -0.212 e. The van der Waals surface area contributed by atoms with Crippen LogP contribution in [0.3, 0.4) is 0 Å². The van der Waals surface area contributed by atoms with Gasteiger partial charge in [0.25, 0.3) is 0 Å². The van der Waals surface area contributed by atoms with E-state index in [2.05, 4.69) is 6.92 Å². The van der Waals surface area contributed by atoms with Gasteiger partial charge in [0.2, 0.25) is 0 Å². The molecule has 1 heteroatoms. The summed E-state index contributed by atoms with van der Waals surface area (Å²) in [5, 5.41) is 0. The van der Waals surface area contributed by atoms with Gasteiger partial charge in [-0.15, -0.1) is 0 Å². The minimum absolute atomic E-state index is 0.0669. The Morgan fingerprint density at radius 3 is 2.33 bits per heavy atom. The van der Waals surface area contributed by atoms with Crippen LogP contribution in [-0.4, -0.2) is 0 Å². The first-order chi connectivity index (χ1) is 5.74. The van der Waals surface area contributed by atoms with E-state index in [0.717, 1.165) is 18.4 Å². The number of rotatable bonds is 1. The van der Waals surface area contributed by atoms with Gasteiger partial charge in [-0.25, -0.2) is 4.39 Å². The maximum Gasteiger partial charge on any atom is 0.103 e. The smallest absolute Gasteiger partial charge is 0.103 e. The van der Waals surface area contributed by atoms with E-state index in [0.29, 0.717) is 6.42 Å². The van der Waals surface area contributed by atoms with Gasteiger partial charge >= 0.3 is 0 Å². The molecule has 70 valence electrons. The third-order valence-corrected chi connectivity index (χ3v) is 1.97. The molecule has 0 saturated heterocycles. The van der Waals surface area contributed by atoms with Gasteiger partial charge in [-0.05, 0) is 25.3 Å². The molecule has 0 nitrogen and oxygen atoms in total. The van der Waals surface area contributed by atoms with Crippen molar-refractivity contribution in [1.29, 1.82) is 0 Å². The van der Waals surface area contributed by atoms with Gasteiger partial charge in [-0.3, -0.25) is 0 Å². The van der Waals surface area contributed by atoms with Crippen LogP contribution in [0.4, 0.5) is 4.39 Å². The van der Waals surface area contributed by atoms with Gasteiger partial charge < -0.3 is 0 Å². The Hall–Kier alpha value is -0.590. The lowest BCUT2D eigenvalue weighted by Gasteiger charge is -2.10. The molecule has 1 rings (SSSR count). The first-order valence-corrected chi connectivity index (χ1v) is 4.78. The maximum atomic E-state index is 12.7. The van der Waals surface area contributed by atoms with Crippen molar-refractivity contribution in [3.8, 4) is 0 Å². The molecule has 0 radical (unpaired) electrons. The normalized spacial score (nSPS) is 16.6. The Kier molecular flexibility index (Phi) is 5.69. The van der Waals surface area contributed by atoms with Gasteiger partial charge in [0.1, 0.15) is 5.83 Å². The van der Waals surface area contributed by atoms with Crippen LogP contribution in [0.5, 0.6) is 0 Å². The summed E-state index contributed by atoms with van der Waals surface area (Å²) in [6.45, 7) is 7.95. The summed E-state index contributed by atoms with van der Waals surface area (Å²) in [4.78, 5) is 0. The van der Waals surface area contributed by atoms with Crippen molar-refractivity contribution >= 4 is 0 Å². The lowest BCUT2D eigenvalue weighted by molar-refractivity contribution is 0.569. The van der Waals surface area contributed by atoms with Crippen molar-refractivity contribution in [2.24, 2.45) is 0 Å². The molecule has 0 spiro atoms. The van der Waals surface area contributed by atoms with Gasteiger partial charge in [-0.1, -0.05) is 32.4 Å². The van der Waals surface area contributed by atoms with Gasteiger partial charge in [0.15, 0.2) is 0 Å². The molecular weight excluding hydrogens is 151 g/mol. The van der Waals surface area contributed by atoms with Gasteiger partial charge in [-0.2, -0.15) is 0 Å². The molecule has 0 aromatic carbocycles. The van der Waals surface area contributed by atoms with Crippen LogP contribution in [-0.2, 0) is 0 Å². The zero-order valence-corrected chi connectivity index (χ0v) is 8.58. The lowest BCUT2D eigenvalue weighted by atomic mass is 9.98. The topological polar surface area (TPSA) is 0 Å². The predicted octanol–water partition coefficient (Wildman–Crippen LogP) is 4.39. The third-order valence-electron chi connectivity index (χ3n) is 1.97. The molecule has 0 unspecified atom stereocenters. The zero-order valence-electron chi connectivity index (χ0n) is 8.58. The van der Waals surface area contributed by atoms with Crippen molar-refractivity contribution in [3.05, 3.63) is 23.0 Å². The Balaban J connectivity index is 0.000000561. The SMILES string of the molecule is CC.CCC1=CC(C)=C(F)CC1. The fourth-order valence-electron chi connectivity index (χ4n) is 1.20. The van der Waals surface area contributed by atoms with Gasteiger partial charge in [0, 0.05) is 6.42 Å². The summed E-state index contributed by atoms with van der Waals surface area (Å²) in [6.07, 6.45) is 4.56. The average molecular weight is 170 g/mol. The van der Waals surface area contributed by atoms with Crippen molar-refractivity contribution in [2.75, 3.05) is 0 Å². The monoisotopic (exact) mass is 170 g/mol. The standard InChI is InChI=1S/C9H13F.C2H6/c1-3-8-4-5-9(10)7(2)6-8;1-2/h6H,3-5H2,1-2H3;1-2H3. The zero-order chi connectivity index (χ0) is 9.56. The van der Waals surface area contributed by atoms with Crippen LogP contribution in [0.15, 0.2) is 23.0 Å². The first kappa shape index (κ1) is 11.4. The highest BCUT2D eigenvalue weighted by Crippen LogP contribution is 2.25. The van der Waals surface area contributed by atoms with Gasteiger partial charge in [0.05, 0.1) is 0 Å². The second kappa shape index (κ2) is 5.99. The van der Waals surface area contributed by atoms with E-state index in [4.69, 9.17) is 0 Å². The van der Waals surface area contributed by atoms with Crippen LogP contribution in [0.2, 0.25) is 0 Å². The third kappa shape index (κ3) is 3.21. The Bertz CT molecular complexity index is 187. The number of hydrogen-bond donors (Lipinski definition) is 0. The Morgan fingerprint density at radius 2 is 1.92 bits per heavy atom. The fourth-order valence-corrected chi connectivity index (χ4v) is 1.20. The molecule has 1 aliphatic rings. The predicted molar refractivity (Wildman–Crippen MR) is 52.8 cm³/mol. The largest absolute Gasteiger partial charge is 0.212 e. The molecule has 0 saturated carbocycles. The van der Waals surface area contributed by atoms with E-state index in [-0.39, 0.29) is 5.83 Å². The van der Waals surface area contributed by atoms with E-state index in [1.165, 1.54) is 5.57 Å². The second-order valence-electron chi connectivity index (χ2n) is 2.74. The molecule has 0 aromatic rings. The van der Waals surface area contributed by atoms with E-state index in [1.54, 1.807) is 0 Å². The number of halogens is 1. The fraction of sp³-hybridized carbons (Fsp3) is 0.636. The average Bonchev–Trinajstić information content (AvgIpc) is 2.13. The molecule has 0 fully saturated rings. The lowest BCUT2D eigenvalue weighted by Crippen LogP contribution is -1.92. The highest BCUT2D eigenvalue weighted by molar-refractivity contribution is 5.28. The summed E-state index contributed by atoms with van der Waals surface area (Å²) >= 11 is 0. The molecular formula is C11H19F. The van der Waals surface area contributed by atoms with Crippen molar-refractivity contribution in [3.63, 3.8) is 0 Å². The molecule has 0 amide bonds. The number of allylic oxidation sites excluding steroid dienone is 4. The highest BCUT2D eigenvalue weighted by Gasteiger charge is 2.07. The summed E-state index contributed by atoms with van der Waals surface area (Å²) in [5.41, 5.74) is 2.20. The van der Waals surface area contributed by atoms with E-state index in [1.807, 2.05) is 26.8 Å². The summed E-state index contributed by atoms with van der Waals surface area (Å²) in [5.74, 6) is 0.0669. The van der Waals surface area contributed by atoms with E-state index >= 15 is 0 Å². The van der Waals surface area contributed by atoms with Crippen molar-refractivity contribution in [1.82, 2.24) is 0 Å². The van der Waals surface area contributed by atoms with Crippen LogP contribution < -0.4 is 0 Å². The van der Waals surface area contributed by atoms with Crippen LogP contribution in [0, 0.1) is 0 Å². The Labute approximate surface area is 75.2 Å². The highest BCUT2D eigenvalue weighted by atomic mass is 19.1. The molecule has 0 aliphatic heterocycles. The molecule has 0 N–H and O–H groups in total. The summed E-state index contributed by atoms with van der Waals surface area (Å²) in [7, 11) is 0. The molecule has 0 heterocycles. The molecule has 0 aromatic heterocycles. The first-order valence-electron chi connectivity index (χ1n) is 4.78. The van der Waals surface area contributed by atoms with Crippen LogP contribution >= 0.6 is 0 Å². The van der Waals surface area contributed by atoms with E-state index in [9.17, 15) is 4.39 Å². The maximum absolute atomic E-state index is 12.7. The second-order valence-corrected chi connectivity index (χ2v) is 2.74. The molecule has 0 bridgehead atoms. The minimum atomic E-state index is 0.0669. The Morgan fingerprint density at radius 1 is 1.33 bits per heavy atom. The van der Waals surface area contributed by atoms with Crippen LogP contribution in [0.1, 0.15) is 47.0 Å². The molecule has 0 atom stereocenters.